The number of aliphatic imine (C=N–C) groups is 1. The molecule has 0 aliphatic rings. The van der Waals surface area contributed by atoms with E-state index < -0.39 is 23.3 Å². The Hall–Kier alpha value is -2.83. The van der Waals surface area contributed by atoms with Crippen molar-refractivity contribution in [2.45, 2.75) is 33.6 Å². The van der Waals surface area contributed by atoms with Gasteiger partial charge < -0.3 is 9.64 Å². The molecule has 0 aliphatic heterocycles. The Morgan fingerprint density at radius 3 is 2.39 bits per heavy atom. The molecule has 0 fully saturated rings. The predicted octanol–water partition coefficient (Wildman–Crippen LogP) is 5.29. The maximum Gasteiger partial charge on any atom is 0.417 e. The third kappa shape index (κ3) is 5.58. The van der Waals surface area contributed by atoms with Gasteiger partial charge in [0, 0.05) is 13.6 Å². The molecule has 0 unspecified atom stereocenters. The van der Waals surface area contributed by atoms with Crippen LogP contribution in [0.5, 0.6) is 0 Å². The summed E-state index contributed by atoms with van der Waals surface area (Å²) in [6, 6.07) is 9.28. The quantitative estimate of drug-likeness (QED) is 0.381. The van der Waals surface area contributed by atoms with Crippen molar-refractivity contribution in [3.63, 3.8) is 0 Å². The monoisotopic (exact) mass is 392 g/mol. The van der Waals surface area contributed by atoms with Gasteiger partial charge >= 0.3 is 12.1 Å². The lowest BCUT2D eigenvalue weighted by Gasteiger charge is -2.15. The van der Waals surface area contributed by atoms with Gasteiger partial charge in [-0.25, -0.2) is 9.79 Å². The molecule has 7 heteroatoms. The molecule has 2 aromatic rings. The van der Waals surface area contributed by atoms with E-state index in [0.717, 1.165) is 11.6 Å². The first kappa shape index (κ1) is 21.5. The number of carbonyl (C=O) groups excluding carboxylic acids is 1. The molecule has 0 heterocycles. The molecular weight excluding hydrogens is 369 g/mol. The van der Waals surface area contributed by atoms with Crippen LogP contribution in [0.2, 0.25) is 0 Å². The number of nitrogens with zero attached hydrogens (tertiary/aromatic N) is 2. The van der Waals surface area contributed by atoms with E-state index in [1.165, 1.54) is 12.4 Å². The Morgan fingerprint density at radius 2 is 1.82 bits per heavy atom. The molecule has 2 aromatic carbocycles. The largest absolute Gasteiger partial charge is 0.457 e. The van der Waals surface area contributed by atoms with Crippen molar-refractivity contribution >= 4 is 18.0 Å². The second-order valence-electron chi connectivity index (χ2n) is 6.56. The molecule has 0 saturated heterocycles. The molecule has 0 radical (unpaired) electrons. The normalized spacial score (nSPS) is 11.7. The zero-order valence-corrected chi connectivity index (χ0v) is 16.3. The van der Waals surface area contributed by atoms with Crippen LogP contribution in [0.4, 0.5) is 18.9 Å². The highest BCUT2D eigenvalue weighted by Gasteiger charge is 2.36. The van der Waals surface area contributed by atoms with Crippen LogP contribution in [0.25, 0.3) is 0 Å². The number of alkyl halides is 3. The maximum absolute atomic E-state index is 13.5. The molecule has 0 bridgehead atoms. The van der Waals surface area contributed by atoms with Gasteiger partial charge in [0.25, 0.3) is 0 Å². The van der Waals surface area contributed by atoms with Crippen LogP contribution in [-0.2, 0) is 17.5 Å². The van der Waals surface area contributed by atoms with Gasteiger partial charge in [0.1, 0.15) is 6.61 Å². The van der Waals surface area contributed by atoms with Crippen molar-refractivity contribution in [1.29, 1.82) is 0 Å². The van der Waals surface area contributed by atoms with Gasteiger partial charge in [-0.2, -0.15) is 13.2 Å². The minimum absolute atomic E-state index is 0.101. The second kappa shape index (κ2) is 8.91. The molecule has 0 atom stereocenters. The van der Waals surface area contributed by atoms with Crippen molar-refractivity contribution < 1.29 is 22.7 Å². The van der Waals surface area contributed by atoms with E-state index in [2.05, 4.69) is 4.99 Å². The fourth-order valence-corrected chi connectivity index (χ4v) is 2.39. The van der Waals surface area contributed by atoms with Crippen LogP contribution in [-0.4, -0.2) is 30.8 Å². The van der Waals surface area contributed by atoms with Gasteiger partial charge in [0.05, 0.1) is 23.2 Å². The Balaban J connectivity index is 2.31. The first-order valence-electron chi connectivity index (χ1n) is 8.80. The van der Waals surface area contributed by atoms with Gasteiger partial charge in [-0.1, -0.05) is 29.8 Å². The standard InChI is InChI=1S/C21H23F3N2O2/c1-5-26(4)13-25-19-11-18(21(22,23)24)17(10-15(19)3)20(27)28-12-16-8-6-14(2)7-9-16/h6-11,13H,5,12H2,1-4H3. The summed E-state index contributed by atoms with van der Waals surface area (Å²) in [4.78, 5) is 18.2. The number of ether oxygens (including phenoxy) is 1. The number of hydrogen-bond acceptors (Lipinski definition) is 3. The van der Waals surface area contributed by atoms with Gasteiger partial charge in [-0.05, 0) is 44.0 Å². The minimum atomic E-state index is -4.70. The molecule has 0 aromatic heterocycles. The van der Waals surface area contributed by atoms with Gasteiger partial charge in [0.2, 0.25) is 0 Å². The van der Waals surface area contributed by atoms with E-state index in [-0.39, 0.29) is 12.3 Å². The summed E-state index contributed by atoms with van der Waals surface area (Å²) in [7, 11) is 1.76. The highest BCUT2D eigenvalue weighted by atomic mass is 19.4. The van der Waals surface area contributed by atoms with E-state index >= 15 is 0 Å². The summed E-state index contributed by atoms with van der Waals surface area (Å²) in [5.74, 6) is -1.02. The summed E-state index contributed by atoms with van der Waals surface area (Å²) in [6.45, 7) is 5.98. The molecule has 0 amide bonds. The van der Waals surface area contributed by atoms with Crippen molar-refractivity contribution in [3.8, 4) is 0 Å². The highest BCUT2D eigenvalue weighted by Crippen LogP contribution is 2.36. The van der Waals surface area contributed by atoms with E-state index in [1.807, 2.05) is 26.0 Å². The van der Waals surface area contributed by atoms with Crippen LogP contribution in [0.1, 0.15) is 39.5 Å². The minimum Gasteiger partial charge on any atom is -0.457 e. The van der Waals surface area contributed by atoms with Crippen LogP contribution >= 0.6 is 0 Å². The number of aryl methyl sites for hydroxylation is 2. The van der Waals surface area contributed by atoms with Crippen molar-refractivity contribution in [3.05, 3.63) is 64.2 Å². The first-order valence-corrected chi connectivity index (χ1v) is 8.80. The third-order valence-corrected chi connectivity index (χ3v) is 4.24. The molecule has 0 saturated carbocycles. The topological polar surface area (TPSA) is 41.9 Å². The SMILES string of the molecule is CCN(C)C=Nc1cc(C(F)(F)F)c(C(=O)OCc2ccc(C)cc2)cc1C. The summed E-state index contributed by atoms with van der Waals surface area (Å²) in [5.41, 5.74) is 0.778. The smallest absolute Gasteiger partial charge is 0.417 e. The number of rotatable bonds is 6. The second-order valence-corrected chi connectivity index (χ2v) is 6.56. The average molecular weight is 392 g/mol. The van der Waals surface area contributed by atoms with E-state index in [4.69, 9.17) is 4.74 Å². The van der Waals surface area contributed by atoms with Crippen LogP contribution in [0, 0.1) is 13.8 Å². The number of carbonyl (C=O) groups is 1. The molecule has 0 aliphatic carbocycles. The van der Waals surface area contributed by atoms with Crippen LogP contribution in [0.15, 0.2) is 41.4 Å². The number of hydrogen-bond donors (Lipinski definition) is 0. The molecule has 150 valence electrons. The lowest BCUT2D eigenvalue weighted by atomic mass is 10.0. The van der Waals surface area contributed by atoms with E-state index in [9.17, 15) is 18.0 Å². The van der Waals surface area contributed by atoms with Gasteiger partial charge in [0.15, 0.2) is 0 Å². The number of halogens is 3. The van der Waals surface area contributed by atoms with Crippen LogP contribution < -0.4 is 0 Å². The van der Waals surface area contributed by atoms with Gasteiger partial charge in [-0.3, -0.25) is 0 Å². The summed E-state index contributed by atoms with van der Waals surface area (Å²) >= 11 is 0. The number of esters is 1. The molecule has 0 N–H and O–H groups in total. The zero-order valence-electron chi connectivity index (χ0n) is 16.3. The highest BCUT2D eigenvalue weighted by molar-refractivity contribution is 5.92. The zero-order chi connectivity index (χ0) is 20.9. The third-order valence-electron chi connectivity index (χ3n) is 4.24. The predicted molar refractivity (Wildman–Crippen MR) is 103 cm³/mol. The van der Waals surface area contributed by atoms with Crippen molar-refractivity contribution in [1.82, 2.24) is 4.90 Å². The summed E-state index contributed by atoms with van der Waals surface area (Å²) in [6.07, 6.45) is -3.25. The Kier molecular flexibility index (Phi) is 6.83. The Morgan fingerprint density at radius 1 is 1.18 bits per heavy atom. The average Bonchev–Trinajstić information content (AvgIpc) is 2.64. The fourth-order valence-electron chi connectivity index (χ4n) is 2.39. The molecule has 2 rings (SSSR count). The van der Waals surface area contributed by atoms with Gasteiger partial charge in [-0.15, -0.1) is 0 Å². The van der Waals surface area contributed by atoms with E-state index in [0.29, 0.717) is 17.7 Å². The summed E-state index contributed by atoms with van der Waals surface area (Å²) in [5, 5.41) is 0. The Labute approximate surface area is 162 Å². The van der Waals surface area contributed by atoms with E-state index in [1.54, 1.807) is 31.0 Å². The van der Waals surface area contributed by atoms with Crippen LogP contribution in [0.3, 0.4) is 0 Å². The molecule has 4 nitrogen and oxygen atoms in total. The summed E-state index contributed by atoms with van der Waals surface area (Å²) < 4.78 is 45.7. The Bertz CT molecular complexity index is 859. The molecule has 0 spiro atoms. The molecule has 28 heavy (non-hydrogen) atoms. The number of benzene rings is 2. The lowest BCUT2D eigenvalue weighted by Crippen LogP contribution is -2.16. The fraction of sp³-hybridized carbons (Fsp3) is 0.333. The van der Waals surface area contributed by atoms with Crippen molar-refractivity contribution in [2.24, 2.45) is 4.99 Å². The van der Waals surface area contributed by atoms with Crippen molar-refractivity contribution in [2.75, 3.05) is 13.6 Å². The maximum atomic E-state index is 13.5. The molecular formula is C21H23F3N2O2. The first-order chi connectivity index (χ1) is 13.1. The lowest BCUT2D eigenvalue weighted by molar-refractivity contribution is -0.138.